The fraction of sp³-hybridized carbons (Fsp3) is 0.667. The molecule has 0 aromatic carbocycles. The van der Waals surface area contributed by atoms with Crippen molar-refractivity contribution in [2.75, 3.05) is 19.6 Å². The molecule has 0 spiro atoms. The van der Waals surface area contributed by atoms with Crippen LogP contribution in [0, 0.1) is 5.92 Å². The molecule has 1 aromatic heterocycles. The zero-order valence-electron chi connectivity index (χ0n) is 11.6. The number of nitrogens with one attached hydrogen (secondary N) is 1. The molecule has 2 aliphatic rings. The molecule has 110 valence electrons. The predicted octanol–water partition coefficient (Wildman–Crippen LogP) is 1.77. The summed E-state index contributed by atoms with van der Waals surface area (Å²) in [6.45, 7) is 2.62. The van der Waals surface area contributed by atoms with Gasteiger partial charge in [0.05, 0.1) is 12.0 Å². The summed E-state index contributed by atoms with van der Waals surface area (Å²) >= 11 is 1.59. The van der Waals surface area contributed by atoms with Gasteiger partial charge in [-0.3, -0.25) is 4.79 Å². The molecule has 1 amide bonds. The van der Waals surface area contributed by atoms with Gasteiger partial charge < -0.3 is 15.3 Å². The van der Waals surface area contributed by atoms with Gasteiger partial charge in [0.2, 0.25) is 5.91 Å². The predicted molar refractivity (Wildman–Crippen MR) is 79.6 cm³/mol. The van der Waals surface area contributed by atoms with Crippen molar-refractivity contribution in [3.63, 3.8) is 0 Å². The Morgan fingerprint density at radius 2 is 2.45 bits per heavy atom. The number of carbonyl (C=O) groups excluding carboxylic acids is 1. The van der Waals surface area contributed by atoms with E-state index in [0.29, 0.717) is 6.42 Å². The quantitative estimate of drug-likeness (QED) is 0.890. The lowest BCUT2D eigenvalue weighted by atomic mass is 10.0. The van der Waals surface area contributed by atoms with E-state index in [1.165, 1.54) is 0 Å². The number of hydrogen-bond donors (Lipinski definition) is 2. The third kappa shape index (κ3) is 2.90. The van der Waals surface area contributed by atoms with Crippen LogP contribution in [0.4, 0.5) is 0 Å². The van der Waals surface area contributed by atoms with Gasteiger partial charge in [0, 0.05) is 24.0 Å². The van der Waals surface area contributed by atoms with Crippen molar-refractivity contribution in [3.05, 3.63) is 22.4 Å². The minimum Gasteiger partial charge on any atom is -0.387 e. The molecule has 3 heterocycles. The Balaban J connectivity index is 1.61. The topological polar surface area (TPSA) is 52.6 Å². The number of rotatable bonds is 4. The highest BCUT2D eigenvalue weighted by Gasteiger charge is 2.35. The lowest BCUT2D eigenvalue weighted by Gasteiger charge is -2.28. The molecule has 0 bridgehead atoms. The van der Waals surface area contributed by atoms with E-state index in [9.17, 15) is 9.90 Å². The lowest BCUT2D eigenvalue weighted by Crippen LogP contribution is -2.40. The Morgan fingerprint density at radius 1 is 1.55 bits per heavy atom. The molecule has 2 N–H and O–H groups in total. The summed E-state index contributed by atoms with van der Waals surface area (Å²) in [5.41, 5.74) is 0. The first kappa shape index (κ1) is 14.0. The van der Waals surface area contributed by atoms with Crippen molar-refractivity contribution in [3.8, 4) is 0 Å². The molecular weight excluding hydrogens is 272 g/mol. The van der Waals surface area contributed by atoms with Gasteiger partial charge in [-0.15, -0.1) is 11.3 Å². The van der Waals surface area contributed by atoms with E-state index in [1.54, 1.807) is 11.3 Å². The van der Waals surface area contributed by atoms with Gasteiger partial charge >= 0.3 is 0 Å². The van der Waals surface area contributed by atoms with Crippen LogP contribution in [-0.4, -0.2) is 41.6 Å². The molecule has 0 aliphatic carbocycles. The van der Waals surface area contributed by atoms with Gasteiger partial charge in [0.15, 0.2) is 0 Å². The van der Waals surface area contributed by atoms with Gasteiger partial charge in [0.25, 0.3) is 0 Å². The van der Waals surface area contributed by atoms with Crippen LogP contribution in [0.5, 0.6) is 0 Å². The van der Waals surface area contributed by atoms with Crippen LogP contribution in [-0.2, 0) is 4.79 Å². The molecule has 4 nitrogen and oxygen atoms in total. The Labute approximate surface area is 123 Å². The Kier molecular flexibility index (Phi) is 4.38. The third-order valence-corrected chi connectivity index (χ3v) is 5.41. The van der Waals surface area contributed by atoms with Crippen molar-refractivity contribution in [1.82, 2.24) is 10.2 Å². The minimum atomic E-state index is -0.435. The maximum Gasteiger partial charge on any atom is 0.227 e. The molecule has 3 rings (SSSR count). The molecule has 0 radical (unpaired) electrons. The number of hydrogen-bond acceptors (Lipinski definition) is 4. The van der Waals surface area contributed by atoms with Crippen LogP contribution < -0.4 is 5.32 Å². The number of carbonyl (C=O) groups is 1. The third-order valence-electron chi connectivity index (χ3n) is 4.44. The van der Waals surface area contributed by atoms with Crippen LogP contribution in [0.3, 0.4) is 0 Å². The lowest BCUT2D eigenvalue weighted by molar-refractivity contribution is -0.136. The average Bonchev–Trinajstić information content (AvgIpc) is 3.20. The maximum atomic E-state index is 12.5. The summed E-state index contributed by atoms with van der Waals surface area (Å²) in [5, 5.41) is 15.5. The van der Waals surface area contributed by atoms with Crippen LogP contribution in [0.15, 0.2) is 17.5 Å². The largest absolute Gasteiger partial charge is 0.387 e. The highest BCUT2D eigenvalue weighted by molar-refractivity contribution is 7.10. The molecule has 5 heteroatoms. The highest BCUT2D eigenvalue weighted by Crippen LogP contribution is 2.30. The van der Waals surface area contributed by atoms with E-state index in [0.717, 1.165) is 43.8 Å². The van der Waals surface area contributed by atoms with Crippen LogP contribution in [0.25, 0.3) is 0 Å². The van der Waals surface area contributed by atoms with Crippen molar-refractivity contribution in [2.45, 2.75) is 37.8 Å². The molecule has 0 saturated carbocycles. The van der Waals surface area contributed by atoms with E-state index in [1.807, 2.05) is 22.4 Å². The zero-order chi connectivity index (χ0) is 13.9. The van der Waals surface area contributed by atoms with Crippen LogP contribution >= 0.6 is 11.3 Å². The molecule has 1 aromatic rings. The SMILES string of the molecule is O=C(C1CCNC1)N1CCCC1CC(O)c1cccs1. The Hall–Kier alpha value is -0.910. The van der Waals surface area contributed by atoms with Crippen molar-refractivity contribution in [1.29, 1.82) is 0 Å². The standard InChI is InChI=1S/C15H22N2O2S/c18-13(14-4-2-8-20-14)9-12-3-1-7-17(12)15(19)11-5-6-16-10-11/h2,4,8,11-13,16,18H,1,3,5-7,9-10H2. The number of aliphatic hydroxyl groups excluding tert-OH is 1. The summed E-state index contributed by atoms with van der Waals surface area (Å²) in [5.74, 6) is 0.436. The second-order valence-corrected chi connectivity index (χ2v) is 6.76. The smallest absolute Gasteiger partial charge is 0.227 e. The molecular formula is C15H22N2O2S. The first-order chi connectivity index (χ1) is 9.75. The minimum absolute atomic E-state index is 0.148. The number of aliphatic hydroxyl groups is 1. The second kappa shape index (κ2) is 6.24. The van der Waals surface area contributed by atoms with Gasteiger partial charge in [0.1, 0.15) is 0 Å². The summed E-state index contributed by atoms with van der Waals surface area (Å²) in [7, 11) is 0. The van der Waals surface area contributed by atoms with E-state index in [4.69, 9.17) is 0 Å². The molecule has 2 saturated heterocycles. The van der Waals surface area contributed by atoms with Crippen molar-refractivity contribution < 1.29 is 9.90 Å². The Bertz CT molecular complexity index is 443. The summed E-state index contributed by atoms with van der Waals surface area (Å²) in [4.78, 5) is 15.6. The molecule has 20 heavy (non-hydrogen) atoms. The number of nitrogens with zero attached hydrogens (tertiary/aromatic N) is 1. The van der Waals surface area contributed by atoms with E-state index in [-0.39, 0.29) is 17.9 Å². The fourth-order valence-electron chi connectivity index (χ4n) is 3.33. The Morgan fingerprint density at radius 3 is 3.15 bits per heavy atom. The molecule has 2 aliphatic heterocycles. The highest BCUT2D eigenvalue weighted by atomic mass is 32.1. The second-order valence-electron chi connectivity index (χ2n) is 5.78. The first-order valence-corrected chi connectivity index (χ1v) is 8.36. The molecule has 3 unspecified atom stereocenters. The van der Waals surface area contributed by atoms with E-state index >= 15 is 0 Å². The van der Waals surface area contributed by atoms with Crippen molar-refractivity contribution in [2.24, 2.45) is 5.92 Å². The van der Waals surface area contributed by atoms with E-state index in [2.05, 4.69) is 5.32 Å². The number of thiophene rings is 1. The van der Waals surface area contributed by atoms with Crippen LogP contribution in [0.2, 0.25) is 0 Å². The molecule has 2 fully saturated rings. The average molecular weight is 294 g/mol. The van der Waals surface area contributed by atoms with Gasteiger partial charge in [-0.05, 0) is 43.7 Å². The van der Waals surface area contributed by atoms with Gasteiger partial charge in [-0.25, -0.2) is 0 Å². The van der Waals surface area contributed by atoms with Crippen molar-refractivity contribution >= 4 is 17.2 Å². The zero-order valence-corrected chi connectivity index (χ0v) is 12.4. The number of likely N-dealkylation sites (tertiary alicyclic amines) is 1. The monoisotopic (exact) mass is 294 g/mol. The van der Waals surface area contributed by atoms with E-state index < -0.39 is 6.10 Å². The summed E-state index contributed by atoms with van der Waals surface area (Å²) in [6, 6.07) is 4.14. The van der Waals surface area contributed by atoms with Gasteiger partial charge in [-0.2, -0.15) is 0 Å². The summed E-state index contributed by atoms with van der Waals surface area (Å²) < 4.78 is 0. The maximum absolute atomic E-state index is 12.5. The molecule has 3 atom stereocenters. The summed E-state index contributed by atoms with van der Waals surface area (Å²) in [6.07, 6.45) is 3.28. The normalized spacial score (nSPS) is 27.9. The van der Waals surface area contributed by atoms with Gasteiger partial charge in [-0.1, -0.05) is 6.07 Å². The number of amides is 1. The van der Waals surface area contributed by atoms with Crippen LogP contribution in [0.1, 0.15) is 36.7 Å². The fourth-order valence-corrected chi connectivity index (χ4v) is 4.05. The first-order valence-electron chi connectivity index (χ1n) is 7.48.